The van der Waals surface area contributed by atoms with E-state index >= 15 is 0 Å². The molecule has 0 aromatic carbocycles. The van der Waals surface area contributed by atoms with Crippen molar-refractivity contribution in [1.82, 2.24) is 10.5 Å². The second-order valence-corrected chi connectivity index (χ2v) is 6.82. The van der Waals surface area contributed by atoms with Gasteiger partial charge in [-0.2, -0.15) is 0 Å². The zero-order valence-electron chi connectivity index (χ0n) is 12.2. The van der Waals surface area contributed by atoms with Crippen LogP contribution in [-0.2, 0) is 22.4 Å². The molecule has 2 heterocycles. The molecule has 2 aliphatic rings. The molecule has 1 fully saturated rings. The van der Waals surface area contributed by atoms with E-state index in [1.165, 1.54) is 0 Å². The van der Waals surface area contributed by atoms with Gasteiger partial charge in [-0.15, -0.1) is 0 Å². The van der Waals surface area contributed by atoms with Crippen molar-refractivity contribution in [3.05, 3.63) is 17.0 Å². The minimum Gasteiger partial charge on any atom is -0.360 e. The fourth-order valence-electron chi connectivity index (χ4n) is 3.23. The number of ketones is 1. The van der Waals surface area contributed by atoms with E-state index in [0.29, 0.717) is 36.3 Å². The van der Waals surface area contributed by atoms with Gasteiger partial charge in [0.1, 0.15) is 5.76 Å². The molecule has 3 rings (SSSR count). The smallest absolute Gasteiger partial charge is 0.226 e. The number of piperidine rings is 1. The summed E-state index contributed by atoms with van der Waals surface area (Å²) < 4.78 is 5.33. The summed E-state index contributed by atoms with van der Waals surface area (Å²) in [7, 11) is 0. The second kappa shape index (κ2) is 4.79. The number of Topliss-reactive ketones (excluding diaryl/α,β-unsaturated/α-hetero) is 1. The first-order chi connectivity index (χ1) is 9.84. The van der Waals surface area contributed by atoms with Gasteiger partial charge in [-0.25, -0.2) is 0 Å². The molecule has 1 aliphatic carbocycles. The van der Waals surface area contributed by atoms with Gasteiger partial charge >= 0.3 is 0 Å². The Labute approximate surface area is 122 Å². The highest BCUT2D eigenvalue weighted by Crippen LogP contribution is 2.37. The molecular weight excluding hydrogens is 272 g/mol. The average Bonchev–Trinajstić information content (AvgIpc) is 2.68. The zero-order valence-corrected chi connectivity index (χ0v) is 12.2. The average molecular weight is 290 g/mol. The number of carbonyl (C=O) groups is 3. The molecule has 1 aromatic rings. The van der Waals surface area contributed by atoms with Crippen LogP contribution in [0.15, 0.2) is 4.52 Å². The first kappa shape index (κ1) is 14.0. The van der Waals surface area contributed by atoms with Crippen LogP contribution >= 0.6 is 0 Å². The number of rotatable bonds is 2. The summed E-state index contributed by atoms with van der Waals surface area (Å²) in [6.07, 6.45) is 2.16. The van der Waals surface area contributed by atoms with Gasteiger partial charge in [0.05, 0.1) is 11.3 Å². The van der Waals surface area contributed by atoms with E-state index in [2.05, 4.69) is 10.5 Å². The summed E-state index contributed by atoms with van der Waals surface area (Å²) in [5.41, 5.74) is 1.06. The lowest BCUT2D eigenvalue weighted by molar-refractivity contribution is -0.134. The summed E-state index contributed by atoms with van der Waals surface area (Å²) in [5.74, 6) is 0.0484. The fourth-order valence-corrected chi connectivity index (χ4v) is 3.23. The lowest BCUT2D eigenvalue weighted by Crippen LogP contribution is -2.39. The first-order valence-corrected chi connectivity index (χ1v) is 7.17. The number of carbonyl (C=O) groups excluding carboxylic acids is 3. The lowest BCUT2D eigenvalue weighted by atomic mass is 9.75. The fraction of sp³-hybridized carbons (Fsp3) is 0.600. The van der Waals surface area contributed by atoms with E-state index < -0.39 is 0 Å². The van der Waals surface area contributed by atoms with E-state index in [1.807, 2.05) is 13.8 Å². The predicted molar refractivity (Wildman–Crippen MR) is 72.5 cm³/mol. The van der Waals surface area contributed by atoms with Crippen molar-refractivity contribution in [1.29, 1.82) is 0 Å². The van der Waals surface area contributed by atoms with Crippen LogP contribution in [0.5, 0.6) is 0 Å². The van der Waals surface area contributed by atoms with Crippen LogP contribution in [0.4, 0.5) is 0 Å². The zero-order chi connectivity index (χ0) is 15.2. The van der Waals surface area contributed by atoms with Crippen molar-refractivity contribution in [2.75, 3.05) is 0 Å². The highest BCUT2D eigenvalue weighted by atomic mass is 16.5. The molecule has 6 nitrogen and oxygen atoms in total. The van der Waals surface area contributed by atoms with Crippen molar-refractivity contribution >= 4 is 17.6 Å². The normalized spacial score (nSPS) is 22.1. The van der Waals surface area contributed by atoms with Crippen molar-refractivity contribution in [2.24, 2.45) is 11.3 Å². The van der Waals surface area contributed by atoms with E-state index in [1.54, 1.807) is 0 Å². The highest BCUT2D eigenvalue weighted by molar-refractivity contribution is 6.00. The summed E-state index contributed by atoms with van der Waals surface area (Å²) in [5, 5.41) is 6.30. The maximum Gasteiger partial charge on any atom is 0.226 e. The van der Waals surface area contributed by atoms with Gasteiger partial charge in [-0.05, 0) is 17.8 Å². The monoisotopic (exact) mass is 290 g/mol. The van der Waals surface area contributed by atoms with Crippen molar-refractivity contribution in [3.8, 4) is 0 Å². The molecule has 0 bridgehead atoms. The quantitative estimate of drug-likeness (QED) is 0.832. The van der Waals surface area contributed by atoms with Crippen LogP contribution < -0.4 is 5.32 Å². The van der Waals surface area contributed by atoms with E-state index in [9.17, 15) is 14.4 Å². The van der Waals surface area contributed by atoms with Gasteiger partial charge in [0, 0.05) is 25.7 Å². The lowest BCUT2D eigenvalue weighted by Gasteiger charge is -2.27. The summed E-state index contributed by atoms with van der Waals surface area (Å²) >= 11 is 0. The van der Waals surface area contributed by atoms with Gasteiger partial charge in [-0.1, -0.05) is 19.0 Å². The minimum atomic E-state index is -0.263. The Hall–Kier alpha value is -1.98. The van der Waals surface area contributed by atoms with Crippen LogP contribution in [0, 0.1) is 11.3 Å². The molecule has 0 spiro atoms. The Morgan fingerprint density at radius 3 is 2.52 bits per heavy atom. The number of hydrogen-bond acceptors (Lipinski definition) is 5. The highest BCUT2D eigenvalue weighted by Gasteiger charge is 2.37. The van der Waals surface area contributed by atoms with E-state index in [-0.39, 0.29) is 41.8 Å². The summed E-state index contributed by atoms with van der Waals surface area (Å²) in [6, 6.07) is 0. The van der Waals surface area contributed by atoms with Crippen molar-refractivity contribution in [2.45, 2.75) is 46.0 Å². The molecule has 0 unspecified atom stereocenters. The van der Waals surface area contributed by atoms with E-state index in [0.717, 1.165) is 0 Å². The predicted octanol–water partition coefficient (Wildman–Crippen LogP) is 1.43. The Balaban J connectivity index is 1.82. The molecule has 0 atom stereocenters. The Kier molecular flexibility index (Phi) is 3.19. The van der Waals surface area contributed by atoms with Crippen LogP contribution in [-0.4, -0.2) is 22.8 Å². The third-order valence-electron chi connectivity index (χ3n) is 4.10. The number of nitrogens with one attached hydrogen (secondary N) is 1. The van der Waals surface area contributed by atoms with Crippen molar-refractivity contribution in [3.63, 3.8) is 0 Å². The molecule has 1 aliphatic heterocycles. The van der Waals surface area contributed by atoms with Crippen LogP contribution in [0.3, 0.4) is 0 Å². The van der Waals surface area contributed by atoms with Crippen molar-refractivity contribution < 1.29 is 18.9 Å². The number of amides is 2. The third-order valence-corrected chi connectivity index (χ3v) is 4.10. The largest absolute Gasteiger partial charge is 0.360 e. The Morgan fingerprint density at radius 2 is 1.86 bits per heavy atom. The Morgan fingerprint density at radius 1 is 1.19 bits per heavy atom. The summed E-state index contributed by atoms with van der Waals surface area (Å²) in [6.45, 7) is 4.06. The summed E-state index contributed by atoms with van der Waals surface area (Å²) in [4.78, 5) is 35.1. The van der Waals surface area contributed by atoms with E-state index in [4.69, 9.17) is 4.52 Å². The van der Waals surface area contributed by atoms with Crippen LogP contribution in [0.1, 0.15) is 54.9 Å². The number of hydrogen-bond donors (Lipinski definition) is 1. The minimum absolute atomic E-state index is 0.0455. The molecule has 6 heteroatoms. The maximum atomic E-state index is 12.3. The second-order valence-electron chi connectivity index (χ2n) is 6.82. The molecule has 0 saturated carbocycles. The molecule has 1 saturated heterocycles. The molecule has 0 radical (unpaired) electrons. The first-order valence-electron chi connectivity index (χ1n) is 7.17. The van der Waals surface area contributed by atoms with Gasteiger partial charge < -0.3 is 4.52 Å². The third kappa shape index (κ3) is 2.75. The molecule has 1 N–H and O–H groups in total. The van der Waals surface area contributed by atoms with Gasteiger partial charge in [0.15, 0.2) is 5.78 Å². The van der Waals surface area contributed by atoms with Crippen LogP contribution in [0.2, 0.25) is 0 Å². The van der Waals surface area contributed by atoms with Gasteiger partial charge in [-0.3, -0.25) is 19.7 Å². The molecule has 2 amide bonds. The van der Waals surface area contributed by atoms with Gasteiger partial charge in [0.25, 0.3) is 0 Å². The molecular formula is C15H18N2O4. The maximum absolute atomic E-state index is 12.3. The van der Waals surface area contributed by atoms with Crippen LogP contribution in [0.25, 0.3) is 0 Å². The standard InChI is InChI=1S/C15H18N2O4/c1-15(2)6-10(18)14-9(17-21-11(14)7-15)3-8-4-12(19)16-13(20)5-8/h8H,3-7H2,1-2H3,(H,16,19,20). The molecule has 1 aromatic heterocycles. The molecule has 112 valence electrons. The number of imide groups is 1. The number of nitrogens with zero attached hydrogens (tertiary/aromatic N) is 1. The number of fused-ring (bicyclic) bond motifs is 1. The Bertz CT molecular complexity index is 614. The van der Waals surface area contributed by atoms with Gasteiger partial charge in [0.2, 0.25) is 11.8 Å². The topological polar surface area (TPSA) is 89.3 Å². The number of aromatic nitrogens is 1. The molecule has 21 heavy (non-hydrogen) atoms. The SMILES string of the molecule is CC1(C)CC(=O)c2c(CC3CC(=O)NC(=O)C3)noc2C1.